The van der Waals surface area contributed by atoms with Gasteiger partial charge in [-0.15, -0.1) is 0 Å². The van der Waals surface area contributed by atoms with Crippen LogP contribution in [-0.4, -0.2) is 15.7 Å². The van der Waals surface area contributed by atoms with Crippen molar-refractivity contribution in [3.05, 3.63) is 33.8 Å². The molecule has 3 unspecified atom stereocenters. The summed E-state index contributed by atoms with van der Waals surface area (Å²) in [4.78, 5) is 10.8. The summed E-state index contributed by atoms with van der Waals surface area (Å²) >= 11 is 14.3. The van der Waals surface area contributed by atoms with Crippen LogP contribution in [0.15, 0.2) is 18.2 Å². The third-order valence-electron chi connectivity index (χ3n) is 2.56. The number of rotatable bonds is 2. The summed E-state index contributed by atoms with van der Waals surface area (Å²) in [7, 11) is 0. The quantitative estimate of drug-likeness (QED) is 0.838. The van der Waals surface area contributed by atoms with Crippen molar-refractivity contribution in [2.24, 2.45) is 5.92 Å². The van der Waals surface area contributed by atoms with Gasteiger partial charge in [0.05, 0.1) is 0 Å². The SMILES string of the molecule is O=C(O)C1C(c2cc(Cl)cc(Cl)c2)C1(F)Br. The van der Waals surface area contributed by atoms with E-state index in [9.17, 15) is 9.18 Å². The molecule has 86 valence electrons. The zero-order valence-corrected chi connectivity index (χ0v) is 10.9. The van der Waals surface area contributed by atoms with Gasteiger partial charge in [0.2, 0.25) is 0 Å². The van der Waals surface area contributed by atoms with Crippen LogP contribution in [0.25, 0.3) is 0 Å². The highest BCUT2D eigenvalue weighted by Gasteiger charge is 2.69. The van der Waals surface area contributed by atoms with Gasteiger partial charge in [0, 0.05) is 16.0 Å². The fourth-order valence-corrected chi connectivity index (χ4v) is 3.20. The monoisotopic (exact) mass is 326 g/mol. The van der Waals surface area contributed by atoms with Crippen molar-refractivity contribution >= 4 is 45.1 Å². The molecular formula is C10H6BrCl2FO2. The molecule has 6 heteroatoms. The molecule has 0 saturated heterocycles. The van der Waals surface area contributed by atoms with Crippen LogP contribution in [0.1, 0.15) is 11.5 Å². The third-order valence-corrected chi connectivity index (χ3v) is 3.99. The molecule has 1 aromatic rings. The maximum Gasteiger partial charge on any atom is 0.311 e. The van der Waals surface area contributed by atoms with Crippen molar-refractivity contribution in [3.8, 4) is 0 Å². The zero-order chi connectivity index (χ0) is 12.1. The van der Waals surface area contributed by atoms with Gasteiger partial charge in [0.15, 0.2) is 4.58 Å². The second kappa shape index (κ2) is 3.86. The Morgan fingerprint density at radius 2 is 1.88 bits per heavy atom. The van der Waals surface area contributed by atoms with E-state index >= 15 is 0 Å². The van der Waals surface area contributed by atoms with Crippen LogP contribution in [0.3, 0.4) is 0 Å². The van der Waals surface area contributed by atoms with E-state index in [0.717, 1.165) is 0 Å². The summed E-state index contributed by atoms with van der Waals surface area (Å²) in [5.41, 5.74) is 0.490. The molecule has 16 heavy (non-hydrogen) atoms. The van der Waals surface area contributed by atoms with Crippen LogP contribution in [0.5, 0.6) is 0 Å². The highest BCUT2D eigenvalue weighted by atomic mass is 79.9. The minimum atomic E-state index is -1.91. The number of carbonyl (C=O) groups is 1. The molecule has 2 nitrogen and oxygen atoms in total. The molecule has 0 aromatic heterocycles. The standard InChI is InChI=1S/C10H6BrCl2FO2/c11-10(14)7(8(10)9(15)16)4-1-5(12)3-6(13)2-4/h1-3,7-8H,(H,15,16). The van der Waals surface area contributed by atoms with E-state index in [4.69, 9.17) is 28.3 Å². The molecule has 0 spiro atoms. The number of hydrogen-bond donors (Lipinski definition) is 1. The van der Waals surface area contributed by atoms with Crippen LogP contribution in [0, 0.1) is 5.92 Å². The number of carboxylic acids is 1. The average Bonchev–Trinajstić information content (AvgIpc) is 2.67. The van der Waals surface area contributed by atoms with Crippen LogP contribution in [0.2, 0.25) is 10.0 Å². The third kappa shape index (κ3) is 1.94. The van der Waals surface area contributed by atoms with Gasteiger partial charge in [-0.3, -0.25) is 4.79 Å². The summed E-state index contributed by atoms with van der Waals surface area (Å²) in [6, 6.07) is 4.56. The van der Waals surface area contributed by atoms with Gasteiger partial charge in [0.1, 0.15) is 5.92 Å². The van der Waals surface area contributed by atoms with Gasteiger partial charge in [-0.2, -0.15) is 0 Å². The minimum absolute atomic E-state index is 0.363. The molecule has 0 amide bonds. The normalized spacial score (nSPS) is 32.5. The summed E-state index contributed by atoms with van der Waals surface area (Å²) in [5, 5.41) is 9.55. The van der Waals surface area contributed by atoms with E-state index in [2.05, 4.69) is 15.9 Å². The molecule has 1 saturated carbocycles. The van der Waals surface area contributed by atoms with E-state index in [1.165, 1.54) is 18.2 Å². The first-order chi connectivity index (χ1) is 7.34. The fourth-order valence-electron chi connectivity index (χ4n) is 1.80. The Labute approximate surface area is 109 Å². The first-order valence-electron chi connectivity index (χ1n) is 4.40. The lowest BCUT2D eigenvalue weighted by molar-refractivity contribution is -0.139. The second-order valence-corrected chi connectivity index (χ2v) is 5.76. The van der Waals surface area contributed by atoms with Crippen LogP contribution >= 0.6 is 39.1 Å². The Kier molecular flexibility index (Phi) is 2.93. The zero-order valence-electron chi connectivity index (χ0n) is 7.75. The smallest absolute Gasteiger partial charge is 0.311 e. The van der Waals surface area contributed by atoms with Crippen molar-refractivity contribution in [1.29, 1.82) is 0 Å². The minimum Gasteiger partial charge on any atom is -0.481 e. The first kappa shape index (κ1) is 12.1. The lowest BCUT2D eigenvalue weighted by atomic mass is 10.1. The van der Waals surface area contributed by atoms with Crippen molar-refractivity contribution in [2.75, 3.05) is 0 Å². The molecule has 1 aromatic carbocycles. The molecule has 0 radical (unpaired) electrons. The maximum atomic E-state index is 13.8. The molecule has 1 aliphatic rings. The highest BCUT2D eigenvalue weighted by molar-refractivity contribution is 9.10. The van der Waals surface area contributed by atoms with Gasteiger partial charge < -0.3 is 5.11 Å². The van der Waals surface area contributed by atoms with Gasteiger partial charge in [-0.1, -0.05) is 23.2 Å². The Balaban J connectivity index is 2.37. The number of halogens is 4. The number of alkyl halides is 2. The van der Waals surface area contributed by atoms with Crippen LogP contribution < -0.4 is 0 Å². The number of benzene rings is 1. The predicted molar refractivity (Wildman–Crippen MR) is 63.1 cm³/mol. The Hall–Kier alpha value is -0.320. The Morgan fingerprint density at radius 3 is 2.25 bits per heavy atom. The van der Waals surface area contributed by atoms with E-state index < -0.39 is 22.4 Å². The molecule has 1 N–H and O–H groups in total. The van der Waals surface area contributed by atoms with Crippen molar-refractivity contribution in [2.45, 2.75) is 10.5 Å². The van der Waals surface area contributed by atoms with Gasteiger partial charge in [0.25, 0.3) is 0 Å². The predicted octanol–water partition coefficient (Wildman–Crippen LogP) is 3.85. The summed E-state index contributed by atoms with van der Waals surface area (Å²) in [6.07, 6.45) is 0. The summed E-state index contributed by atoms with van der Waals surface area (Å²) < 4.78 is 11.9. The molecule has 2 rings (SSSR count). The molecule has 3 atom stereocenters. The van der Waals surface area contributed by atoms with E-state index in [-0.39, 0.29) is 0 Å². The highest BCUT2D eigenvalue weighted by Crippen LogP contribution is 2.64. The second-order valence-electron chi connectivity index (χ2n) is 3.67. The number of hydrogen-bond acceptors (Lipinski definition) is 1. The lowest BCUT2D eigenvalue weighted by Crippen LogP contribution is -2.03. The first-order valence-corrected chi connectivity index (χ1v) is 5.95. The molecule has 1 aliphatic carbocycles. The summed E-state index contributed by atoms with van der Waals surface area (Å²) in [6.45, 7) is 0. The van der Waals surface area contributed by atoms with Gasteiger partial charge in [-0.25, -0.2) is 4.39 Å². The van der Waals surface area contributed by atoms with Crippen molar-refractivity contribution in [3.63, 3.8) is 0 Å². The van der Waals surface area contributed by atoms with Crippen LogP contribution in [0.4, 0.5) is 4.39 Å². The van der Waals surface area contributed by atoms with Crippen molar-refractivity contribution in [1.82, 2.24) is 0 Å². The maximum absolute atomic E-state index is 13.8. The van der Waals surface area contributed by atoms with E-state index in [0.29, 0.717) is 15.6 Å². The molecule has 0 bridgehead atoms. The topological polar surface area (TPSA) is 37.3 Å². The number of carboxylic acid groups (broad SMARTS) is 1. The molecule has 1 fully saturated rings. The molecular weight excluding hydrogens is 322 g/mol. The average molecular weight is 328 g/mol. The van der Waals surface area contributed by atoms with Gasteiger partial charge in [-0.05, 0) is 39.7 Å². The Morgan fingerprint density at radius 1 is 1.38 bits per heavy atom. The van der Waals surface area contributed by atoms with E-state index in [1.807, 2.05) is 0 Å². The molecule has 0 aliphatic heterocycles. The Bertz CT molecular complexity index is 444. The number of aliphatic carboxylic acids is 1. The molecule has 0 heterocycles. The summed E-state index contributed by atoms with van der Waals surface area (Å²) in [5.74, 6) is -3.02. The van der Waals surface area contributed by atoms with Crippen molar-refractivity contribution < 1.29 is 14.3 Å². The lowest BCUT2D eigenvalue weighted by Gasteiger charge is -2.01. The van der Waals surface area contributed by atoms with Crippen LogP contribution in [-0.2, 0) is 4.79 Å². The largest absolute Gasteiger partial charge is 0.481 e. The van der Waals surface area contributed by atoms with E-state index in [1.54, 1.807) is 0 Å². The fraction of sp³-hybridized carbons (Fsp3) is 0.300. The van der Waals surface area contributed by atoms with Gasteiger partial charge >= 0.3 is 5.97 Å².